The number of aliphatic hydroxyl groups excluding tert-OH is 1. The Morgan fingerprint density at radius 2 is 2.00 bits per heavy atom. The third kappa shape index (κ3) is 4.57. The Hall–Kier alpha value is -0.120. The van der Waals surface area contributed by atoms with E-state index in [4.69, 9.17) is 9.84 Å². The maximum atomic E-state index is 9.77. The van der Waals surface area contributed by atoms with Gasteiger partial charge in [-0.15, -0.1) is 0 Å². The molecular formula is C14H28O3. The average molecular weight is 244 g/mol. The first-order valence-corrected chi connectivity index (χ1v) is 6.80. The molecule has 0 aromatic heterocycles. The van der Waals surface area contributed by atoms with Crippen molar-refractivity contribution in [2.45, 2.75) is 58.7 Å². The fraction of sp³-hybridized carbons (Fsp3) is 1.00. The van der Waals surface area contributed by atoms with Gasteiger partial charge in [-0.1, -0.05) is 27.2 Å². The lowest BCUT2D eigenvalue weighted by molar-refractivity contribution is -0.116. The van der Waals surface area contributed by atoms with Crippen molar-refractivity contribution in [3.8, 4) is 0 Å². The van der Waals surface area contributed by atoms with Gasteiger partial charge in [-0.3, -0.25) is 0 Å². The van der Waals surface area contributed by atoms with Gasteiger partial charge >= 0.3 is 0 Å². The van der Waals surface area contributed by atoms with E-state index in [1.165, 1.54) is 12.8 Å². The largest absolute Gasteiger partial charge is 0.393 e. The van der Waals surface area contributed by atoms with E-state index in [1.54, 1.807) is 6.92 Å². The molecule has 17 heavy (non-hydrogen) atoms. The molecule has 1 aliphatic rings. The summed E-state index contributed by atoms with van der Waals surface area (Å²) in [5.41, 5.74) is -1.11. The van der Waals surface area contributed by atoms with Gasteiger partial charge in [0.15, 0.2) is 0 Å². The van der Waals surface area contributed by atoms with E-state index in [2.05, 4.69) is 20.8 Å². The first-order chi connectivity index (χ1) is 7.85. The van der Waals surface area contributed by atoms with E-state index in [0.29, 0.717) is 17.8 Å². The van der Waals surface area contributed by atoms with Crippen molar-refractivity contribution >= 4 is 0 Å². The second-order valence-corrected chi connectivity index (χ2v) is 6.33. The normalized spacial score (nSPS) is 33.7. The van der Waals surface area contributed by atoms with Crippen LogP contribution in [0.25, 0.3) is 0 Å². The van der Waals surface area contributed by atoms with Crippen LogP contribution in [0.2, 0.25) is 0 Å². The van der Waals surface area contributed by atoms with E-state index < -0.39 is 5.60 Å². The van der Waals surface area contributed by atoms with E-state index >= 15 is 0 Å². The van der Waals surface area contributed by atoms with Gasteiger partial charge in [-0.05, 0) is 37.5 Å². The van der Waals surface area contributed by atoms with Crippen LogP contribution in [0.3, 0.4) is 0 Å². The Morgan fingerprint density at radius 1 is 1.35 bits per heavy atom. The lowest BCUT2D eigenvalue weighted by Gasteiger charge is -2.38. The van der Waals surface area contributed by atoms with E-state index in [9.17, 15) is 5.11 Å². The molecule has 1 rings (SSSR count). The summed E-state index contributed by atoms with van der Waals surface area (Å²) >= 11 is 0. The minimum absolute atomic E-state index is 0.226. The molecule has 2 N–H and O–H groups in total. The Morgan fingerprint density at radius 3 is 2.53 bits per heavy atom. The molecule has 1 saturated carbocycles. The first-order valence-electron chi connectivity index (χ1n) is 6.80. The smallest absolute Gasteiger partial charge is 0.108 e. The van der Waals surface area contributed by atoms with Crippen molar-refractivity contribution in [1.82, 2.24) is 0 Å². The molecule has 0 aromatic carbocycles. The summed E-state index contributed by atoms with van der Waals surface area (Å²) in [6.07, 6.45) is 3.80. The fourth-order valence-corrected chi connectivity index (χ4v) is 2.64. The van der Waals surface area contributed by atoms with Gasteiger partial charge in [0, 0.05) is 0 Å². The number of ether oxygens (including phenoxy) is 1. The zero-order chi connectivity index (χ0) is 13.1. The molecule has 0 bridgehead atoms. The van der Waals surface area contributed by atoms with Gasteiger partial charge in [0.25, 0.3) is 0 Å². The van der Waals surface area contributed by atoms with E-state index in [1.807, 2.05) is 0 Å². The van der Waals surface area contributed by atoms with Crippen molar-refractivity contribution < 1.29 is 14.9 Å². The second kappa shape index (κ2) is 6.17. The summed E-state index contributed by atoms with van der Waals surface area (Å²) in [7, 11) is 0. The molecule has 2 unspecified atom stereocenters. The van der Waals surface area contributed by atoms with Crippen LogP contribution in [0.4, 0.5) is 0 Å². The van der Waals surface area contributed by atoms with Gasteiger partial charge in [-0.25, -0.2) is 0 Å². The van der Waals surface area contributed by atoms with Crippen LogP contribution >= 0.6 is 0 Å². The predicted molar refractivity (Wildman–Crippen MR) is 68.8 cm³/mol. The molecule has 0 aromatic rings. The monoisotopic (exact) mass is 244 g/mol. The molecule has 1 aliphatic carbocycles. The summed E-state index contributed by atoms with van der Waals surface area (Å²) in [5.74, 6) is 1.90. The van der Waals surface area contributed by atoms with Crippen LogP contribution in [0.5, 0.6) is 0 Å². The molecule has 102 valence electrons. The predicted octanol–water partition coefficient (Wildman–Crippen LogP) is 2.21. The highest BCUT2D eigenvalue weighted by Gasteiger charge is 2.33. The van der Waals surface area contributed by atoms with E-state index in [0.717, 1.165) is 6.42 Å². The van der Waals surface area contributed by atoms with Crippen LogP contribution < -0.4 is 0 Å². The molecule has 0 amide bonds. The highest BCUT2D eigenvalue weighted by Crippen LogP contribution is 2.35. The molecule has 0 aliphatic heterocycles. The van der Waals surface area contributed by atoms with Gasteiger partial charge < -0.3 is 14.9 Å². The van der Waals surface area contributed by atoms with Crippen LogP contribution in [0, 0.1) is 17.8 Å². The topological polar surface area (TPSA) is 49.7 Å². The quantitative estimate of drug-likeness (QED) is 0.779. The number of hydrogen-bond acceptors (Lipinski definition) is 3. The summed E-state index contributed by atoms with van der Waals surface area (Å²) < 4.78 is 5.87. The van der Waals surface area contributed by atoms with Gasteiger partial charge in [0.1, 0.15) is 5.60 Å². The van der Waals surface area contributed by atoms with Crippen LogP contribution in [0.1, 0.15) is 47.0 Å². The third-order valence-electron chi connectivity index (χ3n) is 3.91. The highest BCUT2D eigenvalue weighted by atomic mass is 16.5. The van der Waals surface area contributed by atoms with Crippen LogP contribution in [-0.4, -0.2) is 35.1 Å². The average Bonchev–Trinajstić information content (AvgIpc) is 2.26. The standard InChI is InChI=1S/C14H28O3/c1-10(2)12-6-5-11(3)7-13(12)17-9-14(4,16)8-15/h10-13,15-16H,5-9H2,1-4H3/t11-,12+,13?,14?/m1/s1. The van der Waals surface area contributed by atoms with E-state index in [-0.39, 0.29) is 19.3 Å². The van der Waals surface area contributed by atoms with Crippen molar-refractivity contribution in [3.63, 3.8) is 0 Å². The van der Waals surface area contributed by atoms with Crippen molar-refractivity contribution in [2.24, 2.45) is 17.8 Å². The Bertz CT molecular complexity index is 226. The van der Waals surface area contributed by atoms with Gasteiger partial charge in [0.2, 0.25) is 0 Å². The lowest BCUT2D eigenvalue weighted by Crippen LogP contribution is -2.41. The van der Waals surface area contributed by atoms with Gasteiger partial charge in [0.05, 0.1) is 19.3 Å². The lowest BCUT2D eigenvalue weighted by atomic mass is 9.75. The summed E-state index contributed by atoms with van der Waals surface area (Å²) in [6.45, 7) is 8.33. The minimum atomic E-state index is -1.11. The molecule has 0 spiro atoms. The molecular weight excluding hydrogens is 216 g/mol. The second-order valence-electron chi connectivity index (χ2n) is 6.33. The Kier molecular flexibility index (Phi) is 5.42. The SMILES string of the molecule is CC(C)[C@@H]1CC[C@@H](C)CC1OCC(C)(O)CO. The van der Waals surface area contributed by atoms with Crippen LogP contribution in [0.15, 0.2) is 0 Å². The Balaban J connectivity index is 2.52. The fourth-order valence-electron chi connectivity index (χ4n) is 2.64. The van der Waals surface area contributed by atoms with Crippen LogP contribution in [-0.2, 0) is 4.74 Å². The molecule has 3 heteroatoms. The van der Waals surface area contributed by atoms with Crippen molar-refractivity contribution in [1.29, 1.82) is 0 Å². The van der Waals surface area contributed by atoms with Gasteiger partial charge in [-0.2, -0.15) is 0 Å². The molecule has 4 atom stereocenters. The Labute approximate surface area is 105 Å². The third-order valence-corrected chi connectivity index (χ3v) is 3.91. The maximum absolute atomic E-state index is 9.77. The molecule has 0 saturated heterocycles. The number of hydrogen-bond donors (Lipinski definition) is 2. The maximum Gasteiger partial charge on any atom is 0.108 e. The summed E-state index contributed by atoms with van der Waals surface area (Å²) in [6, 6.07) is 0. The zero-order valence-corrected chi connectivity index (χ0v) is 11.6. The number of aliphatic hydroxyl groups is 2. The summed E-state index contributed by atoms with van der Waals surface area (Å²) in [5, 5.41) is 18.8. The van der Waals surface area contributed by atoms with Crippen molar-refractivity contribution in [3.05, 3.63) is 0 Å². The molecule has 3 nitrogen and oxygen atoms in total. The number of rotatable bonds is 5. The first kappa shape index (κ1) is 14.9. The highest BCUT2D eigenvalue weighted by molar-refractivity contribution is 4.82. The molecule has 0 radical (unpaired) electrons. The van der Waals surface area contributed by atoms with Crippen molar-refractivity contribution in [2.75, 3.05) is 13.2 Å². The molecule has 0 heterocycles. The zero-order valence-electron chi connectivity index (χ0n) is 11.6. The molecule has 1 fully saturated rings. The minimum Gasteiger partial charge on any atom is -0.393 e. The summed E-state index contributed by atoms with van der Waals surface area (Å²) in [4.78, 5) is 0.